The van der Waals surface area contributed by atoms with Crippen LogP contribution in [0.25, 0.3) is 11.3 Å². The minimum absolute atomic E-state index is 0.367. The van der Waals surface area contributed by atoms with Crippen LogP contribution in [0.5, 0.6) is 0 Å². The van der Waals surface area contributed by atoms with Gasteiger partial charge in [-0.3, -0.25) is 14.5 Å². The Kier molecular flexibility index (Phi) is 6.29. The van der Waals surface area contributed by atoms with Crippen molar-refractivity contribution in [1.82, 2.24) is 15.2 Å². The van der Waals surface area contributed by atoms with Crippen LogP contribution in [-0.4, -0.2) is 34.3 Å². The Morgan fingerprint density at radius 2 is 1.94 bits per heavy atom. The molecule has 2 N–H and O–H groups in total. The van der Waals surface area contributed by atoms with Crippen molar-refractivity contribution in [3.05, 3.63) is 70.0 Å². The number of aromatic nitrogens is 1. The van der Waals surface area contributed by atoms with Crippen LogP contribution in [0.1, 0.15) is 36.4 Å². The van der Waals surface area contributed by atoms with Crippen LogP contribution in [0.2, 0.25) is 0 Å². The van der Waals surface area contributed by atoms with Gasteiger partial charge >= 0.3 is 6.03 Å². The summed E-state index contributed by atoms with van der Waals surface area (Å²) >= 11 is 1.55. The zero-order valence-corrected chi connectivity index (χ0v) is 19.7. The molecule has 3 aromatic rings. The molecular formula is C25H26N4O3S. The van der Waals surface area contributed by atoms with Gasteiger partial charge in [0.25, 0.3) is 5.91 Å². The normalized spacial score (nSPS) is 17.8. The zero-order valence-electron chi connectivity index (χ0n) is 18.8. The highest BCUT2D eigenvalue weighted by atomic mass is 32.1. The molecule has 0 saturated carbocycles. The lowest BCUT2D eigenvalue weighted by molar-refractivity contribution is -0.133. The van der Waals surface area contributed by atoms with Gasteiger partial charge in [-0.05, 0) is 43.5 Å². The van der Waals surface area contributed by atoms with Crippen LogP contribution < -0.4 is 10.6 Å². The predicted octanol–water partition coefficient (Wildman–Crippen LogP) is 4.48. The Labute approximate surface area is 196 Å². The molecule has 1 aromatic heterocycles. The van der Waals surface area contributed by atoms with Crippen molar-refractivity contribution in [1.29, 1.82) is 0 Å². The Balaban J connectivity index is 1.45. The molecule has 1 aliphatic heterocycles. The van der Waals surface area contributed by atoms with E-state index in [4.69, 9.17) is 0 Å². The predicted molar refractivity (Wildman–Crippen MR) is 129 cm³/mol. The quantitative estimate of drug-likeness (QED) is 0.507. The number of imide groups is 1. The SMILES string of the molecule is CCCc1ccc(C2(C)NC(=O)N(CC(=O)Nc3cccc(-c4csc(C)n4)c3)C2=O)cc1. The van der Waals surface area contributed by atoms with Crippen molar-refractivity contribution in [2.75, 3.05) is 11.9 Å². The molecule has 170 valence electrons. The van der Waals surface area contributed by atoms with Crippen molar-refractivity contribution in [3.63, 3.8) is 0 Å². The molecule has 33 heavy (non-hydrogen) atoms. The van der Waals surface area contributed by atoms with E-state index in [1.807, 2.05) is 54.8 Å². The fraction of sp³-hybridized carbons (Fsp3) is 0.280. The maximum absolute atomic E-state index is 13.1. The summed E-state index contributed by atoms with van der Waals surface area (Å²) in [6, 6.07) is 14.4. The number of thiazole rings is 1. The summed E-state index contributed by atoms with van der Waals surface area (Å²) in [5.41, 5.74) is 2.95. The van der Waals surface area contributed by atoms with Crippen LogP contribution >= 0.6 is 11.3 Å². The molecule has 8 heteroatoms. The van der Waals surface area contributed by atoms with Crippen molar-refractivity contribution in [2.24, 2.45) is 0 Å². The molecular weight excluding hydrogens is 436 g/mol. The summed E-state index contributed by atoms with van der Waals surface area (Å²) in [6.07, 6.45) is 1.98. The Morgan fingerprint density at radius 3 is 2.61 bits per heavy atom. The molecule has 4 amide bonds. The highest BCUT2D eigenvalue weighted by molar-refractivity contribution is 7.09. The first-order valence-corrected chi connectivity index (χ1v) is 11.7. The number of nitrogens with one attached hydrogen (secondary N) is 2. The maximum atomic E-state index is 13.1. The highest BCUT2D eigenvalue weighted by Gasteiger charge is 2.49. The average molecular weight is 463 g/mol. The lowest BCUT2D eigenvalue weighted by Gasteiger charge is -2.22. The maximum Gasteiger partial charge on any atom is 0.325 e. The number of anilines is 1. The zero-order chi connectivity index (χ0) is 23.6. The monoisotopic (exact) mass is 462 g/mol. The van der Waals surface area contributed by atoms with Gasteiger partial charge in [0.05, 0.1) is 10.7 Å². The number of carbonyl (C=O) groups excluding carboxylic acids is 3. The van der Waals surface area contributed by atoms with Crippen LogP contribution in [0, 0.1) is 6.92 Å². The molecule has 1 unspecified atom stereocenters. The second-order valence-electron chi connectivity index (χ2n) is 8.27. The van der Waals surface area contributed by atoms with Crippen molar-refractivity contribution < 1.29 is 14.4 Å². The van der Waals surface area contributed by atoms with E-state index >= 15 is 0 Å². The van der Waals surface area contributed by atoms with E-state index in [-0.39, 0.29) is 6.54 Å². The van der Waals surface area contributed by atoms with Gasteiger partial charge in [-0.25, -0.2) is 9.78 Å². The number of hydrogen-bond acceptors (Lipinski definition) is 5. The topological polar surface area (TPSA) is 91.4 Å². The second kappa shape index (κ2) is 9.15. The molecule has 1 saturated heterocycles. The van der Waals surface area contributed by atoms with Gasteiger partial charge in [-0.1, -0.05) is 49.7 Å². The highest BCUT2D eigenvalue weighted by Crippen LogP contribution is 2.29. The summed E-state index contributed by atoms with van der Waals surface area (Å²) < 4.78 is 0. The van der Waals surface area contributed by atoms with E-state index in [1.54, 1.807) is 24.3 Å². The number of nitrogens with zero attached hydrogens (tertiary/aromatic N) is 2. The summed E-state index contributed by atoms with van der Waals surface area (Å²) in [6.45, 7) is 5.34. The largest absolute Gasteiger partial charge is 0.325 e. The molecule has 1 aliphatic rings. The van der Waals surface area contributed by atoms with Gasteiger partial charge < -0.3 is 10.6 Å². The van der Waals surface area contributed by atoms with E-state index < -0.39 is 23.4 Å². The number of rotatable bonds is 7. The number of aryl methyl sites for hydroxylation is 2. The van der Waals surface area contributed by atoms with E-state index in [2.05, 4.69) is 22.5 Å². The number of hydrogen-bond donors (Lipinski definition) is 2. The molecule has 0 aliphatic carbocycles. The Morgan fingerprint density at radius 1 is 1.18 bits per heavy atom. The van der Waals surface area contributed by atoms with Gasteiger partial charge in [-0.2, -0.15) is 0 Å². The van der Waals surface area contributed by atoms with Crippen LogP contribution in [-0.2, 0) is 21.5 Å². The third kappa shape index (κ3) is 4.66. The summed E-state index contributed by atoms with van der Waals surface area (Å²) in [4.78, 5) is 43.8. The molecule has 0 radical (unpaired) electrons. The van der Waals surface area contributed by atoms with Crippen molar-refractivity contribution in [2.45, 2.75) is 39.2 Å². The molecule has 0 spiro atoms. The standard InChI is InChI=1S/C25H26N4O3S/c1-4-6-17-9-11-19(12-10-17)25(3)23(31)29(24(32)28-25)14-22(30)27-20-8-5-7-18(13-20)21-15-33-16(2)26-21/h5,7-13,15H,4,6,14H2,1-3H3,(H,27,30)(H,28,32). The van der Waals surface area contributed by atoms with Gasteiger partial charge in [-0.15, -0.1) is 11.3 Å². The summed E-state index contributed by atoms with van der Waals surface area (Å²) in [5.74, 6) is -0.898. The van der Waals surface area contributed by atoms with Gasteiger partial charge in [0.15, 0.2) is 0 Å². The molecule has 2 heterocycles. The van der Waals surface area contributed by atoms with Crippen molar-refractivity contribution >= 4 is 34.9 Å². The molecule has 4 rings (SSSR count). The lowest BCUT2D eigenvalue weighted by atomic mass is 9.91. The summed E-state index contributed by atoms with van der Waals surface area (Å²) in [7, 11) is 0. The molecule has 1 atom stereocenters. The minimum Gasteiger partial charge on any atom is -0.325 e. The van der Waals surface area contributed by atoms with E-state index in [9.17, 15) is 14.4 Å². The summed E-state index contributed by atoms with van der Waals surface area (Å²) in [5, 5.41) is 8.45. The van der Waals surface area contributed by atoms with Gasteiger partial charge in [0.2, 0.25) is 5.91 Å². The molecule has 1 fully saturated rings. The number of urea groups is 1. The number of benzene rings is 2. The first-order valence-electron chi connectivity index (χ1n) is 10.9. The third-order valence-corrected chi connectivity index (χ3v) is 6.48. The van der Waals surface area contributed by atoms with E-state index in [1.165, 1.54) is 5.56 Å². The molecule has 0 bridgehead atoms. The number of carbonyl (C=O) groups is 3. The van der Waals surface area contributed by atoms with Crippen LogP contribution in [0.3, 0.4) is 0 Å². The Hall–Kier alpha value is -3.52. The Bertz CT molecular complexity index is 1200. The first kappa shape index (κ1) is 22.7. The second-order valence-corrected chi connectivity index (χ2v) is 9.34. The molecule has 2 aromatic carbocycles. The number of amides is 4. The van der Waals surface area contributed by atoms with Gasteiger partial charge in [0, 0.05) is 16.6 Å². The smallest absolute Gasteiger partial charge is 0.325 e. The van der Waals surface area contributed by atoms with Crippen LogP contribution in [0.15, 0.2) is 53.9 Å². The van der Waals surface area contributed by atoms with Crippen molar-refractivity contribution in [3.8, 4) is 11.3 Å². The molecule has 7 nitrogen and oxygen atoms in total. The third-order valence-electron chi connectivity index (χ3n) is 5.71. The average Bonchev–Trinajstić information content (AvgIpc) is 3.32. The first-order chi connectivity index (χ1) is 15.8. The fourth-order valence-electron chi connectivity index (χ4n) is 3.93. The lowest BCUT2D eigenvalue weighted by Crippen LogP contribution is -2.42. The van der Waals surface area contributed by atoms with Gasteiger partial charge in [0.1, 0.15) is 12.1 Å². The minimum atomic E-state index is -1.20. The fourth-order valence-corrected chi connectivity index (χ4v) is 4.55. The van der Waals surface area contributed by atoms with E-state index in [0.29, 0.717) is 11.3 Å². The van der Waals surface area contributed by atoms with Crippen LogP contribution in [0.4, 0.5) is 10.5 Å². The van der Waals surface area contributed by atoms with E-state index in [0.717, 1.165) is 34.0 Å².